The van der Waals surface area contributed by atoms with Crippen molar-refractivity contribution in [2.45, 2.75) is 37.8 Å². The molecule has 0 spiro atoms. The zero-order valence-corrected chi connectivity index (χ0v) is 18.4. The molecule has 4 rings (SSSR count). The Balaban J connectivity index is 1.43. The standard InChI is InChI=1S/C23H29N3O3S/c1-3-24-17-20-7-5-4-6-19(20)16-22(24)23(27)25-12-14-26(15-13-25)30(28,29)21-10-8-18(2)9-11-21/h4-11,22H,3,12-17H2,1-2H3. The molecule has 2 aromatic rings. The van der Waals surface area contributed by atoms with Crippen molar-refractivity contribution in [2.24, 2.45) is 0 Å². The quantitative estimate of drug-likeness (QED) is 0.751. The largest absolute Gasteiger partial charge is 0.339 e. The lowest BCUT2D eigenvalue weighted by molar-refractivity contribution is -0.138. The van der Waals surface area contributed by atoms with Crippen molar-refractivity contribution >= 4 is 15.9 Å². The Bertz CT molecular complexity index is 1010. The van der Waals surface area contributed by atoms with Crippen molar-refractivity contribution in [3.8, 4) is 0 Å². The Morgan fingerprint density at radius 1 is 0.967 bits per heavy atom. The van der Waals surface area contributed by atoms with Crippen LogP contribution in [0, 0.1) is 6.92 Å². The summed E-state index contributed by atoms with van der Waals surface area (Å²) >= 11 is 0. The van der Waals surface area contributed by atoms with E-state index in [9.17, 15) is 13.2 Å². The molecular formula is C23H29N3O3S. The third-order valence-corrected chi connectivity index (χ3v) is 8.16. The van der Waals surface area contributed by atoms with Gasteiger partial charge in [-0.15, -0.1) is 0 Å². The number of carbonyl (C=O) groups excluding carboxylic acids is 1. The summed E-state index contributed by atoms with van der Waals surface area (Å²) in [6.07, 6.45) is 0.713. The summed E-state index contributed by atoms with van der Waals surface area (Å²) in [5.74, 6) is 0.110. The maximum Gasteiger partial charge on any atom is 0.243 e. The predicted molar refractivity (Wildman–Crippen MR) is 117 cm³/mol. The minimum absolute atomic E-state index is 0.110. The molecule has 160 valence electrons. The van der Waals surface area contributed by atoms with Crippen LogP contribution in [-0.4, -0.2) is 67.2 Å². The number of sulfonamides is 1. The monoisotopic (exact) mass is 427 g/mol. The number of amides is 1. The minimum Gasteiger partial charge on any atom is -0.339 e. The van der Waals surface area contributed by atoms with Gasteiger partial charge in [-0.2, -0.15) is 4.31 Å². The van der Waals surface area contributed by atoms with Gasteiger partial charge in [0.05, 0.1) is 10.9 Å². The van der Waals surface area contributed by atoms with Crippen LogP contribution in [0.25, 0.3) is 0 Å². The van der Waals surface area contributed by atoms with E-state index in [0.29, 0.717) is 37.5 Å². The van der Waals surface area contributed by atoms with Gasteiger partial charge in [0.25, 0.3) is 0 Å². The molecule has 2 aliphatic heterocycles. The minimum atomic E-state index is -3.52. The molecule has 0 saturated carbocycles. The van der Waals surface area contributed by atoms with E-state index in [1.54, 1.807) is 12.1 Å². The lowest BCUT2D eigenvalue weighted by Gasteiger charge is -2.40. The summed E-state index contributed by atoms with van der Waals surface area (Å²) < 4.78 is 27.3. The number of benzene rings is 2. The van der Waals surface area contributed by atoms with Crippen LogP contribution in [0.4, 0.5) is 0 Å². The highest BCUT2D eigenvalue weighted by atomic mass is 32.2. The highest BCUT2D eigenvalue weighted by molar-refractivity contribution is 7.89. The van der Waals surface area contributed by atoms with E-state index < -0.39 is 10.0 Å². The van der Waals surface area contributed by atoms with Crippen molar-refractivity contribution in [3.63, 3.8) is 0 Å². The fourth-order valence-electron chi connectivity index (χ4n) is 4.37. The molecule has 1 amide bonds. The first-order valence-corrected chi connectivity index (χ1v) is 12.0. The van der Waals surface area contributed by atoms with Gasteiger partial charge in [-0.25, -0.2) is 8.42 Å². The molecule has 2 heterocycles. The van der Waals surface area contributed by atoms with Crippen molar-refractivity contribution in [1.29, 1.82) is 0 Å². The van der Waals surface area contributed by atoms with Gasteiger partial charge in [0.15, 0.2) is 0 Å². The van der Waals surface area contributed by atoms with Crippen LogP contribution in [0.15, 0.2) is 53.4 Å². The second-order valence-electron chi connectivity index (χ2n) is 8.09. The Morgan fingerprint density at radius 2 is 1.60 bits per heavy atom. The molecule has 1 atom stereocenters. The Labute approximate surface area is 179 Å². The predicted octanol–water partition coefficient (Wildman–Crippen LogP) is 2.27. The number of carbonyl (C=O) groups is 1. The molecular weight excluding hydrogens is 398 g/mol. The zero-order valence-electron chi connectivity index (χ0n) is 17.6. The molecule has 1 saturated heterocycles. The normalized spacial score (nSPS) is 20.7. The Kier molecular flexibility index (Phi) is 5.95. The lowest BCUT2D eigenvalue weighted by atomic mass is 9.93. The third kappa shape index (κ3) is 4.02. The molecule has 30 heavy (non-hydrogen) atoms. The van der Waals surface area contributed by atoms with Crippen LogP contribution in [0.5, 0.6) is 0 Å². The number of rotatable bonds is 4. The van der Waals surface area contributed by atoms with Crippen LogP contribution in [0.1, 0.15) is 23.6 Å². The first-order valence-electron chi connectivity index (χ1n) is 10.6. The van der Waals surface area contributed by atoms with Crippen molar-refractivity contribution in [3.05, 3.63) is 65.2 Å². The second-order valence-corrected chi connectivity index (χ2v) is 10.0. The van der Waals surface area contributed by atoms with Crippen LogP contribution in [-0.2, 0) is 27.8 Å². The highest BCUT2D eigenvalue weighted by Gasteiger charge is 2.36. The number of likely N-dealkylation sites (N-methyl/N-ethyl adjacent to an activating group) is 1. The van der Waals surface area contributed by atoms with Gasteiger partial charge >= 0.3 is 0 Å². The topological polar surface area (TPSA) is 60.9 Å². The fourth-order valence-corrected chi connectivity index (χ4v) is 5.79. The molecule has 1 fully saturated rings. The van der Waals surface area contributed by atoms with Gasteiger partial charge in [0.2, 0.25) is 15.9 Å². The molecule has 6 nitrogen and oxygen atoms in total. The van der Waals surface area contributed by atoms with Gasteiger partial charge < -0.3 is 4.90 Å². The highest BCUT2D eigenvalue weighted by Crippen LogP contribution is 2.25. The van der Waals surface area contributed by atoms with Crippen LogP contribution in [0.2, 0.25) is 0 Å². The van der Waals surface area contributed by atoms with E-state index in [1.807, 2.05) is 36.1 Å². The summed E-state index contributed by atoms with van der Waals surface area (Å²) in [4.78, 5) is 17.7. The SMILES string of the molecule is CCN1Cc2ccccc2CC1C(=O)N1CCN(S(=O)(=O)c2ccc(C)cc2)CC1. The molecule has 0 aliphatic carbocycles. The van der Waals surface area contributed by atoms with Gasteiger partial charge in [-0.3, -0.25) is 9.69 Å². The second kappa shape index (κ2) is 8.49. The number of fused-ring (bicyclic) bond motifs is 1. The molecule has 0 radical (unpaired) electrons. The number of piperazine rings is 1. The number of aryl methyl sites for hydroxylation is 1. The summed E-state index contributed by atoms with van der Waals surface area (Å²) in [5, 5.41) is 0. The summed E-state index contributed by atoms with van der Waals surface area (Å²) in [7, 11) is -3.52. The fraction of sp³-hybridized carbons (Fsp3) is 0.435. The maximum atomic E-state index is 13.3. The summed E-state index contributed by atoms with van der Waals surface area (Å²) in [6, 6.07) is 15.1. The van der Waals surface area contributed by atoms with E-state index in [4.69, 9.17) is 0 Å². The molecule has 2 aliphatic rings. The van der Waals surface area contributed by atoms with E-state index in [1.165, 1.54) is 15.4 Å². The van der Waals surface area contributed by atoms with Crippen LogP contribution in [0.3, 0.4) is 0 Å². The van der Waals surface area contributed by atoms with Gasteiger partial charge in [-0.1, -0.05) is 48.9 Å². The number of hydrogen-bond donors (Lipinski definition) is 0. The molecule has 0 aromatic heterocycles. The maximum absolute atomic E-state index is 13.3. The molecule has 1 unspecified atom stereocenters. The van der Waals surface area contributed by atoms with Crippen molar-refractivity contribution < 1.29 is 13.2 Å². The summed E-state index contributed by atoms with van der Waals surface area (Å²) in [6.45, 7) is 7.13. The van der Waals surface area contributed by atoms with Crippen molar-refractivity contribution in [2.75, 3.05) is 32.7 Å². The van der Waals surface area contributed by atoms with Gasteiger partial charge in [0, 0.05) is 32.7 Å². The van der Waals surface area contributed by atoms with Gasteiger partial charge in [0.1, 0.15) is 0 Å². The average molecular weight is 428 g/mol. The van der Waals surface area contributed by atoms with Crippen molar-refractivity contribution in [1.82, 2.24) is 14.1 Å². The lowest BCUT2D eigenvalue weighted by Crippen LogP contribution is -2.57. The molecule has 0 bridgehead atoms. The zero-order chi connectivity index (χ0) is 21.3. The third-order valence-electron chi connectivity index (χ3n) is 6.25. The molecule has 7 heteroatoms. The van der Waals surface area contributed by atoms with E-state index >= 15 is 0 Å². The molecule has 2 aromatic carbocycles. The van der Waals surface area contributed by atoms with Gasteiger partial charge in [-0.05, 0) is 43.1 Å². The summed E-state index contributed by atoms with van der Waals surface area (Å²) in [5.41, 5.74) is 3.55. The first kappa shape index (κ1) is 21.0. The van der Waals surface area contributed by atoms with E-state index in [0.717, 1.165) is 18.7 Å². The number of hydrogen-bond acceptors (Lipinski definition) is 4. The average Bonchev–Trinajstić information content (AvgIpc) is 2.78. The Hall–Kier alpha value is -2.22. The number of nitrogens with zero attached hydrogens (tertiary/aromatic N) is 3. The van der Waals surface area contributed by atoms with E-state index in [-0.39, 0.29) is 11.9 Å². The van der Waals surface area contributed by atoms with Crippen LogP contribution >= 0.6 is 0 Å². The first-order chi connectivity index (χ1) is 14.4. The van der Waals surface area contributed by atoms with E-state index in [2.05, 4.69) is 24.0 Å². The van der Waals surface area contributed by atoms with Crippen LogP contribution < -0.4 is 0 Å². The molecule has 0 N–H and O–H groups in total. The Morgan fingerprint density at radius 3 is 2.23 bits per heavy atom. The smallest absolute Gasteiger partial charge is 0.243 e.